The zero-order chi connectivity index (χ0) is 29.6. The Hall–Kier alpha value is -3.75. The molecule has 4 atom stereocenters. The fourth-order valence-corrected chi connectivity index (χ4v) is 6.99. The second-order valence-corrected chi connectivity index (χ2v) is 12.9. The summed E-state index contributed by atoms with van der Waals surface area (Å²) in [5.41, 5.74) is 9.39. The van der Waals surface area contributed by atoms with Gasteiger partial charge in [0.25, 0.3) is 5.91 Å². The molecule has 212 valence electrons. The molecule has 1 fully saturated rings. The van der Waals surface area contributed by atoms with E-state index < -0.39 is 35.7 Å². The Kier molecular flexibility index (Phi) is 7.66. The topological polar surface area (TPSA) is 98.3 Å². The molecule has 2 aromatic carbocycles. The number of carbonyl (C=O) groups is 3. The van der Waals surface area contributed by atoms with E-state index in [0.717, 1.165) is 11.1 Å². The average molecular weight is 589 g/mol. The van der Waals surface area contributed by atoms with Crippen LogP contribution in [0.25, 0.3) is 0 Å². The molecule has 1 aliphatic heterocycles. The van der Waals surface area contributed by atoms with E-state index in [-0.39, 0.29) is 11.2 Å². The Balaban J connectivity index is 1.80. The van der Waals surface area contributed by atoms with Crippen LogP contribution in [0.15, 0.2) is 72.1 Å². The predicted molar refractivity (Wildman–Crippen MR) is 161 cm³/mol. The van der Waals surface area contributed by atoms with E-state index in [0.29, 0.717) is 26.9 Å². The van der Waals surface area contributed by atoms with Gasteiger partial charge in [-0.2, -0.15) is 5.10 Å². The van der Waals surface area contributed by atoms with Gasteiger partial charge in [-0.3, -0.25) is 19.1 Å². The summed E-state index contributed by atoms with van der Waals surface area (Å²) in [6, 6.07) is 18.2. The van der Waals surface area contributed by atoms with Crippen LogP contribution in [0.4, 0.5) is 0 Å². The van der Waals surface area contributed by atoms with Crippen LogP contribution in [0, 0.1) is 12.8 Å². The molecule has 2 aromatic heterocycles. The molecule has 0 saturated carbocycles. The van der Waals surface area contributed by atoms with Gasteiger partial charge in [0.05, 0.1) is 22.5 Å². The SMILES string of the molecule is Cc1nn(C)c(Cl)c1C1C(C(=O)c2cccs2)C(c2ccc(C(C)(C)C)cc2)C(C(N)=O)N1C(=O)c1ccccc1. The normalized spacial score (nSPS) is 20.8. The molecule has 7 nitrogen and oxygen atoms in total. The van der Waals surface area contributed by atoms with Crippen LogP contribution in [-0.2, 0) is 17.3 Å². The van der Waals surface area contributed by atoms with E-state index in [1.54, 1.807) is 44.3 Å². The van der Waals surface area contributed by atoms with E-state index in [4.69, 9.17) is 17.3 Å². The number of hydrogen-bond acceptors (Lipinski definition) is 5. The van der Waals surface area contributed by atoms with Crippen molar-refractivity contribution in [2.75, 3.05) is 0 Å². The van der Waals surface area contributed by atoms with E-state index in [1.807, 2.05) is 41.8 Å². The second-order valence-electron chi connectivity index (χ2n) is 11.5. The number of thiophene rings is 1. The molecular weight excluding hydrogens is 556 g/mol. The van der Waals surface area contributed by atoms with Gasteiger partial charge < -0.3 is 10.6 Å². The lowest BCUT2D eigenvalue weighted by molar-refractivity contribution is -0.122. The van der Waals surface area contributed by atoms with Crippen LogP contribution < -0.4 is 5.73 Å². The fourth-order valence-electron chi connectivity index (χ4n) is 5.99. The maximum absolute atomic E-state index is 14.5. The van der Waals surface area contributed by atoms with Crippen LogP contribution in [-0.4, -0.2) is 38.3 Å². The zero-order valence-corrected chi connectivity index (χ0v) is 25.2. The largest absolute Gasteiger partial charge is 0.368 e. The number of hydrogen-bond donors (Lipinski definition) is 1. The highest BCUT2D eigenvalue weighted by atomic mass is 35.5. The number of halogens is 1. The molecule has 0 aliphatic carbocycles. The lowest BCUT2D eigenvalue weighted by Crippen LogP contribution is -2.46. The van der Waals surface area contributed by atoms with Gasteiger partial charge in [0.1, 0.15) is 11.2 Å². The number of ketones is 1. The number of aromatic nitrogens is 2. The van der Waals surface area contributed by atoms with Crippen molar-refractivity contribution >= 4 is 40.5 Å². The van der Waals surface area contributed by atoms with Crippen molar-refractivity contribution < 1.29 is 14.4 Å². The smallest absolute Gasteiger partial charge is 0.255 e. The monoisotopic (exact) mass is 588 g/mol. The molecule has 3 heterocycles. The maximum Gasteiger partial charge on any atom is 0.255 e. The summed E-state index contributed by atoms with van der Waals surface area (Å²) in [5, 5.41) is 6.65. The molecule has 4 unspecified atom stereocenters. The Morgan fingerprint density at radius 3 is 2.15 bits per heavy atom. The van der Waals surface area contributed by atoms with Gasteiger partial charge in [-0.15, -0.1) is 11.3 Å². The Morgan fingerprint density at radius 2 is 1.63 bits per heavy atom. The first kappa shape index (κ1) is 28.8. The minimum atomic E-state index is -1.11. The maximum atomic E-state index is 14.5. The van der Waals surface area contributed by atoms with E-state index >= 15 is 0 Å². The van der Waals surface area contributed by atoms with Gasteiger partial charge >= 0.3 is 0 Å². The third kappa shape index (κ3) is 5.11. The highest BCUT2D eigenvalue weighted by Crippen LogP contribution is 2.53. The average Bonchev–Trinajstić information content (AvgIpc) is 3.65. The number of amides is 2. The number of nitrogens with zero attached hydrogens (tertiary/aromatic N) is 3. The van der Waals surface area contributed by atoms with Crippen LogP contribution in [0.3, 0.4) is 0 Å². The first-order valence-electron chi connectivity index (χ1n) is 13.5. The first-order valence-corrected chi connectivity index (χ1v) is 14.7. The summed E-state index contributed by atoms with van der Waals surface area (Å²) in [6.45, 7) is 8.16. The quantitative estimate of drug-likeness (QED) is 0.276. The van der Waals surface area contributed by atoms with Crippen molar-refractivity contribution in [3.05, 3.63) is 110 Å². The summed E-state index contributed by atoms with van der Waals surface area (Å²) in [5.74, 6) is -2.84. The number of primary amides is 1. The highest BCUT2D eigenvalue weighted by molar-refractivity contribution is 7.12. The Morgan fingerprint density at radius 1 is 0.976 bits per heavy atom. The molecule has 2 amide bonds. The van der Waals surface area contributed by atoms with E-state index in [1.165, 1.54) is 20.9 Å². The van der Waals surface area contributed by atoms with E-state index in [2.05, 4.69) is 25.9 Å². The zero-order valence-electron chi connectivity index (χ0n) is 23.7. The van der Waals surface area contributed by atoms with Crippen LogP contribution in [0.5, 0.6) is 0 Å². The molecule has 0 spiro atoms. The Labute approximate surface area is 248 Å². The third-order valence-corrected chi connectivity index (χ3v) is 9.27. The molecule has 1 saturated heterocycles. The summed E-state index contributed by atoms with van der Waals surface area (Å²) < 4.78 is 1.52. The summed E-state index contributed by atoms with van der Waals surface area (Å²) in [4.78, 5) is 44.2. The fraction of sp³-hybridized carbons (Fsp3) is 0.312. The summed E-state index contributed by atoms with van der Waals surface area (Å²) >= 11 is 8.16. The molecule has 4 aromatic rings. The number of nitrogens with two attached hydrogens (primary N) is 1. The molecule has 0 radical (unpaired) electrons. The second kappa shape index (κ2) is 10.9. The summed E-state index contributed by atoms with van der Waals surface area (Å²) in [7, 11) is 1.71. The van der Waals surface area contributed by atoms with Crippen LogP contribution >= 0.6 is 22.9 Å². The first-order chi connectivity index (χ1) is 19.4. The molecule has 41 heavy (non-hydrogen) atoms. The van der Waals surface area contributed by atoms with Crippen molar-refractivity contribution in [1.82, 2.24) is 14.7 Å². The van der Waals surface area contributed by atoms with Gasteiger partial charge in [-0.1, -0.05) is 80.9 Å². The third-order valence-electron chi connectivity index (χ3n) is 7.93. The van der Waals surface area contributed by atoms with E-state index in [9.17, 15) is 14.4 Å². The van der Waals surface area contributed by atoms with Gasteiger partial charge in [0, 0.05) is 24.1 Å². The minimum Gasteiger partial charge on any atom is -0.368 e. The molecule has 5 rings (SSSR count). The minimum absolute atomic E-state index is 0.0956. The number of rotatable bonds is 6. The molecular formula is C32H33ClN4O3S. The lowest BCUT2D eigenvalue weighted by atomic mass is 9.76. The predicted octanol–water partition coefficient (Wildman–Crippen LogP) is 6.07. The van der Waals surface area contributed by atoms with Crippen molar-refractivity contribution in [1.29, 1.82) is 0 Å². The number of carbonyl (C=O) groups excluding carboxylic acids is 3. The summed E-state index contributed by atoms with van der Waals surface area (Å²) in [6.07, 6.45) is 0. The van der Waals surface area contributed by atoms with Gasteiger partial charge in [-0.05, 0) is 47.0 Å². The number of aryl methyl sites for hydroxylation is 2. The number of benzene rings is 2. The molecule has 0 bridgehead atoms. The molecule has 2 N–H and O–H groups in total. The Bertz CT molecular complexity index is 1590. The van der Waals surface area contributed by atoms with Crippen molar-refractivity contribution in [3.8, 4) is 0 Å². The molecule has 9 heteroatoms. The van der Waals surface area contributed by atoms with Gasteiger partial charge in [-0.25, -0.2) is 0 Å². The van der Waals surface area contributed by atoms with Crippen LogP contribution in [0.1, 0.15) is 75.1 Å². The lowest BCUT2D eigenvalue weighted by Gasteiger charge is -2.30. The van der Waals surface area contributed by atoms with Gasteiger partial charge in [0.2, 0.25) is 5.91 Å². The van der Waals surface area contributed by atoms with Crippen molar-refractivity contribution in [3.63, 3.8) is 0 Å². The highest BCUT2D eigenvalue weighted by Gasteiger charge is 2.58. The molecule has 1 aliphatic rings. The van der Waals surface area contributed by atoms with Crippen molar-refractivity contribution in [2.45, 2.75) is 51.1 Å². The number of likely N-dealkylation sites (tertiary alicyclic amines) is 1. The van der Waals surface area contributed by atoms with Crippen LogP contribution in [0.2, 0.25) is 5.15 Å². The van der Waals surface area contributed by atoms with Crippen molar-refractivity contribution in [2.24, 2.45) is 18.7 Å². The van der Waals surface area contributed by atoms with Gasteiger partial charge in [0.15, 0.2) is 5.78 Å². The number of Topliss-reactive ketones (excluding diaryl/α,β-unsaturated/α-hetero) is 1. The standard InChI is InChI=1S/C32H33ClN4O3S/c1-18-23(29(33)36(5)35-18)26-25(28(38)22-12-9-17-41-22)24(19-13-15-21(16-14-19)32(2,3)4)27(30(34)39)37(26)31(40)20-10-7-6-8-11-20/h6-17,24-27H,1-5H3,(H2,34,39).